The Morgan fingerprint density at radius 1 is 1.06 bits per heavy atom. The maximum Gasteiger partial charge on any atom is 0.258 e. The van der Waals surface area contributed by atoms with Crippen LogP contribution in [0.25, 0.3) is 5.57 Å². The van der Waals surface area contributed by atoms with Crippen LogP contribution in [0.15, 0.2) is 73.3 Å². The zero-order chi connectivity index (χ0) is 21.9. The topological polar surface area (TPSA) is 128 Å². The Morgan fingerprint density at radius 3 is 2.78 bits per heavy atom. The van der Waals surface area contributed by atoms with E-state index in [0.29, 0.717) is 29.1 Å². The van der Waals surface area contributed by atoms with Crippen LogP contribution in [-0.4, -0.2) is 32.2 Å². The Morgan fingerprint density at radius 2 is 1.97 bits per heavy atom. The molecule has 0 atom stereocenters. The molecule has 0 saturated heterocycles. The number of nitrogens with one attached hydrogen (secondary N) is 5. The minimum absolute atomic E-state index is 0.163. The van der Waals surface area contributed by atoms with Gasteiger partial charge in [-0.15, -0.1) is 0 Å². The Bertz CT molecular complexity index is 1310. The van der Waals surface area contributed by atoms with Gasteiger partial charge in [0.05, 0.1) is 17.3 Å². The van der Waals surface area contributed by atoms with Crippen LogP contribution in [0.1, 0.15) is 27.0 Å². The third-order valence-electron chi connectivity index (χ3n) is 5.09. The molecule has 0 spiro atoms. The Labute approximate surface area is 182 Å². The molecule has 5 N–H and O–H groups in total. The largest absolute Gasteiger partial charge is 0.344 e. The lowest BCUT2D eigenvalue weighted by Gasteiger charge is -2.08. The molecule has 5 rings (SSSR count). The first-order valence-corrected chi connectivity index (χ1v) is 9.96. The summed E-state index contributed by atoms with van der Waals surface area (Å²) in [6.45, 7) is 0. The number of hydrogen-bond donors (Lipinski definition) is 5. The van der Waals surface area contributed by atoms with Crippen LogP contribution in [-0.2, 0) is 11.2 Å². The molecule has 2 aromatic carbocycles. The van der Waals surface area contributed by atoms with E-state index in [9.17, 15) is 9.59 Å². The molecule has 0 saturated carbocycles. The van der Waals surface area contributed by atoms with E-state index in [1.807, 2.05) is 42.5 Å². The smallest absolute Gasteiger partial charge is 0.258 e. The highest BCUT2D eigenvalue weighted by Crippen LogP contribution is 2.33. The molecule has 0 bridgehead atoms. The molecule has 1 aliphatic heterocycles. The van der Waals surface area contributed by atoms with Crippen LogP contribution in [0.4, 0.5) is 17.2 Å². The van der Waals surface area contributed by atoms with Gasteiger partial charge in [0.15, 0.2) is 5.82 Å². The third-order valence-corrected chi connectivity index (χ3v) is 5.09. The number of amides is 2. The number of aromatic amines is 2. The van der Waals surface area contributed by atoms with E-state index in [1.165, 1.54) is 6.20 Å². The summed E-state index contributed by atoms with van der Waals surface area (Å²) >= 11 is 0. The molecule has 158 valence electrons. The Balaban J connectivity index is 1.34. The van der Waals surface area contributed by atoms with Crippen molar-refractivity contribution in [3.63, 3.8) is 0 Å². The normalized spacial score (nSPS) is 13.6. The van der Waals surface area contributed by atoms with Gasteiger partial charge in [-0.3, -0.25) is 19.8 Å². The lowest BCUT2D eigenvalue weighted by Crippen LogP contribution is -2.11. The Kier molecular flexibility index (Phi) is 4.97. The molecule has 0 radical (unpaired) electrons. The maximum atomic E-state index is 12.4. The summed E-state index contributed by atoms with van der Waals surface area (Å²) in [7, 11) is 0. The predicted octanol–water partition coefficient (Wildman–Crippen LogP) is 3.38. The van der Waals surface area contributed by atoms with Crippen molar-refractivity contribution < 1.29 is 9.59 Å². The average molecular weight is 425 g/mol. The molecule has 4 aromatic rings. The summed E-state index contributed by atoms with van der Waals surface area (Å²) < 4.78 is 0. The molecule has 3 heterocycles. The van der Waals surface area contributed by atoms with Crippen molar-refractivity contribution in [2.24, 2.45) is 0 Å². The molecule has 1 aliphatic rings. The second-order valence-corrected chi connectivity index (χ2v) is 7.31. The number of H-pyrrole nitrogens is 2. The lowest BCUT2D eigenvalue weighted by atomic mass is 9.99. The summed E-state index contributed by atoms with van der Waals surface area (Å²) in [5.74, 6) is 0.241. The zero-order valence-corrected chi connectivity index (χ0v) is 16.8. The number of hydrogen-bond acceptors (Lipinski definition) is 5. The molecule has 0 fully saturated rings. The van der Waals surface area contributed by atoms with Crippen LogP contribution >= 0.6 is 0 Å². The number of carbonyl (C=O) groups is 2. The molecule has 2 amide bonds. The van der Waals surface area contributed by atoms with Gasteiger partial charge in [0, 0.05) is 41.6 Å². The molecular weight excluding hydrogens is 406 g/mol. The number of nitrogens with zero attached hydrogens (tertiary/aromatic N) is 2. The van der Waals surface area contributed by atoms with E-state index in [1.54, 1.807) is 24.7 Å². The first-order valence-electron chi connectivity index (χ1n) is 9.96. The lowest BCUT2D eigenvalue weighted by molar-refractivity contribution is -0.110. The van der Waals surface area contributed by atoms with Crippen LogP contribution in [0.3, 0.4) is 0 Å². The summed E-state index contributed by atoms with van der Waals surface area (Å²) in [5, 5.41) is 22.0. The quantitative estimate of drug-likeness (QED) is 0.303. The van der Waals surface area contributed by atoms with Crippen molar-refractivity contribution in [1.29, 1.82) is 0 Å². The summed E-state index contributed by atoms with van der Waals surface area (Å²) in [6, 6.07) is 15.3. The van der Waals surface area contributed by atoms with Crippen molar-refractivity contribution in [3.8, 4) is 0 Å². The fourth-order valence-electron chi connectivity index (χ4n) is 3.55. The van der Waals surface area contributed by atoms with E-state index < -0.39 is 0 Å². The van der Waals surface area contributed by atoms with E-state index in [2.05, 4.69) is 36.3 Å². The van der Waals surface area contributed by atoms with Gasteiger partial charge in [-0.1, -0.05) is 18.2 Å². The zero-order valence-electron chi connectivity index (χ0n) is 16.8. The number of anilines is 3. The van der Waals surface area contributed by atoms with Crippen molar-refractivity contribution in [2.45, 2.75) is 6.42 Å². The molecule has 2 aromatic heterocycles. The van der Waals surface area contributed by atoms with Gasteiger partial charge in [0.25, 0.3) is 11.8 Å². The average Bonchev–Trinajstić information content (AvgIpc) is 3.54. The van der Waals surface area contributed by atoms with Crippen molar-refractivity contribution in [1.82, 2.24) is 20.4 Å². The minimum atomic E-state index is -0.225. The van der Waals surface area contributed by atoms with Gasteiger partial charge >= 0.3 is 0 Å². The fourth-order valence-corrected chi connectivity index (χ4v) is 3.55. The predicted molar refractivity (Wildman–Crippen MR) is 121 cm³/mol. The molecular formula is C23H19N7O2. The standard InChI is InChI=1S/C23H19N7O2/c31-22(16-11-26-27-12-16)28-17-3-1-2-14(9-17)8-15-4-5-20-18(10-15)19(23(32)29-20)13-24-21-6-7-25-30-21/h1-7,9-13H,8H2,(H,26,27)(H,28,31)(H,29,32)(H2,24,25,30)/b19-13-. The van der Waals surface area contributed by atoms with Crippen molar-refractivity contribution in [2.75, 3.05) is 16.0 Å². The van der Waals surface area contributed by atoms with Gasteiger partial charge in [-0.05, 0) is 41.8 Å². The van der Waals surface area contributed by atoms with Crippen LogP contribution < -0.4 is 16.0 Å². The summed E-state index contributed by atoms with van der Waals surface area (Å²) in [4.78, 5) is 24.7. The van der Waals surface area contributed by atoms with E-state index in [0.717, 1.165) is 22.4 Å². The second-order valence-electron chi connectivity index (χ2n) is 7.31. The number of rotatable bonds is 6. The number of benzene rings is 2. The van der Waals surface area contributed by atoms with Crippen LogP contribution in [0, 0.1) is 0 Å². The third kappa shape index (κ3) is 3.99. The number of aromatic nitrogens is 4. The SMILES string of the molecule is O=C1Nc2ccc(Cc3cccc(NC(=O)c4cn[nH]c4)c3)cc2/C1=C/Nc1cc[nH]n1. The molecule has 32 heavy (non-hydrogen) atoms. The van der Waals surface area contributed by atoms with E-state index in [4.69, 9.17) is 0 Å². The highest BCUT2D eigenvalue weighted by Gasteiger charge is 2.24. The van der Waals surface area contributed by atoms with E-state index >= 15 is 0 Å². The monoisotopic (exact) mass is 425 g/mol. The van der Waals surface area contributed by atoms with Crippen LogP contribution in [0.2, 0.25) is 0 Å². The highest BCUT2D eigenvalue weighted by molar-refractivity contribution is 6.31. The summed E-state index contributed by atoms with van der Waals surface area (Å²) in [5.41, 5.74) is 5.40. The maximum absolute atomic E-state index is 12.4. The Hall–Kier alpha value is -4.66. The highest BCUT2D eigenvalue weighted by atomic mass is 16.2. The number of carbonyl (C=O) groups excluding carboxylic acids is 2. The molecule has 0 unspecified atom stereocenters. The van der Waals surface area contributed by atoms with Gasteiger partial charge in [-0.25, -0.2) is 0 Å². The summed E-state index contributed by atoms with van der Waals surface area (Å²) in [6.07, 6.45) is 7.04. The first-order chi connectivity index (χ1) is 15.7. The second kappa shape index (κ2) is 8.23. The van der Waals surface area contributed by atoms with E-state index in [-0.39, 0.29) is 11.8 Å². The van der Waals surface area contributed by atoms with Gasteiger partial charge in [0.2, 0.25) is 0 Å². The molecule has 9 nitrogen and oxygen atoms in total. The number of fused-ring (bicyclic) bond motifs is 1. The van der Waals surface area contributed by atoms with Gasteiger partial charge < -0.3 is 16.0 Å². The van der Waals surface area contributed by atoms with Gasteiger partial charge in [0.1, 0.15) is 0 Å². The minimum Gasteiger partial charge on any atom is -0.344 e. The van der Waals surface area contributed by atoms with Gasteiger partial charge in [-0.2, -0.15) is 10.2 Å². The van der Waals surface area contributed by atoms with Crippen molar-refractivity contribution >= 4 is 34.6 Å². The van der Waals surface area contributed by atoms with Crippen molar-refractivity contribution in [3.05, 3.63) is 95.6 Å². The van der Waals surface area contributed by atoms with Crippen LogP contribution in [0.5, 0.6) is 0 Å². The first kappa shape index (κ1) is 19.3. The molecule has 9 heteroatoms. The molecule has 0 aliphatic carbocycles. The fraction of sp³-hybridized carbons (Fsp3) is 0.0435.